The molecule has 0 bridgehead atoms. The number of carbonyl (C=O) groups excluding carboxylic acids is 1. The van der Waals surface area contributed by atoms with Crippen LogP contribution in [0, 0.1) is 0 Å². The number of amides is 1. The lowest BCUT2D eigenvalue weighted by molar-refractivity contribution is -0.121. The van der Waals surface area contributed by atoms with Crippen molar-refractivity contribution >= 4 is 5.91 Å². The van der Waals surface area contributed by atoms with Crippen molar-refractivity contribution in [1.29, 1.82) is 0 Å². The van der Waals surface area contributed by atoms with Gasteiger partial charge in [0.05, 0.1) is 18.7 Å². The molecule has 14 heavy (non-hydrogen) atoms. The molecule has 1 rings (SSSR count). The Bertz CT molecular complexity index is 185. The fraction of sp³-hybridized carbons (Fsp3) is 0.900. The summed E-state index contributed by atoms with van der Waals surface area (Å²) >= 11 is 0. The first-order valence-corrected chi connectivity index (χ1v) is 5.36. The van der Waals surface area contributed by atoms with Crippen LogP contribution in [0.25, 0.3) is 0 Å². The van der Waals surface area contributed by atoms with E-state index in [-0.39, 0.29) is 18.1 Å². The molecule has 1 fully saturated rings. The first-order valence-electron chi connectivity index (χ1n) is 5.36. The molecule has 2 atom stereocenters. The Morgan fingerprint density at radius 1 is 1.36 bits per heavy atom. The molecule has 82 valence electrons. The summed E-state index contributed by atoms with van der Waals surface area (Å²) in [6.07, 6.45) is 4.68. The quantitative estimate of drug-likeness (QED) is 0.563. The minimum Gasteiger partial charge on any atom is -0.391 e. The molecular weight excluding hydrogens is 180 g/mol. The minimum absolute atomic E-state index is 0.0292. The lowest BCUT2D eigenvalue weighted by atomic mass is 10.1. The summed E-state index contributed by atoms with van der Waals surface area (Å²) in [6.45, 7) is 0.323. The van der Waals surface area contributed by atoms with Gasteiger partial charge < -0.3 is 15.7 Å². The van der Waals surface area contributed by atoms with E-state index < -0.39 is 0 Å². The molecule has 1 amide bonds. The Kier molecular flexibility index (Phi) is 4.90. The maximum absolute atomic E-state index is 11.3. The van der Waals surface area contributed by atoms with Gasteiger partial charge in [-0.1, -0.05) is 19.3 Å². The maximum atomic E-state index is 11.3. The van der Waals surface area contributed by atoms with Crippen LogP contribution in [0.4, 0.5) is 0 Å². The molecule has 1 aliphatic rings. The highest BCUT2D eigenvalue weighted by molar-refractivity contribution is 5.78. The number of rotatable bonds is 3. The number of hydrogen-bond acceptors (Lipinski definition) is 3. The van der Waals surface area contributed by atoms with Crippen molar-refractivity contribution in [2.24, 2.45) is 0 Å². The predicted molar refractivity (Wildman–Crippen MR) is 54.9 cm³/mol. The third-order valence-electron chi connectivity index (χ3n) is 2.66. The zero-order chi connectivity index (χ0) is 10.4. The van der Waals surface area contributed by atoms with Crippen LogP contribution >= 0.6 is 0 Å². The highest BCUT2D eigenvalue weighted by Gasteiger charge is 2.22. The van der Waals surface area contributed by atoms with Gasteiger partial charge in [-0.2, -0.15) is 0 Å². The number of aliphatic hydroxyl groups is 1. The maximum Gasteiger partial charge on any atom is 0.234 e. The summed E-state index contributed by atoms with van der Waals surface area (Å²) in [5, 5.41) is 15.4. The molecular formula is C10H20N2O2. The number of hydrogen-bond donors (Lipinski definition) is 3. The van der Waals surface area contributed by atoms with Crippen LogP contribution in [-0.4, -0.2) is 36.8 Å². The van der Waals surface area contributed by atoms with Crippen molar-refractivity contribution in [3.8, 4) is 0 Å². The third kappa shape index (κ3) is 3.64. The molecule has 0 aromatic heterocycles. The number of nitrogens with one attached hydrogen (secondary N) is 2. The molecule has 0 saturated heterocycles. The van der Waals surface area contributed by atoms with Crippen LogP contribution in [-0.2, 0) is 4.79 Å². The summed E-state index contributed by atoms with van der Waals surface area (Å²) in [5.74, 6) is -0.0292. The molecule has 0 heterocycles. The molecule has 0 aromatic rings. The summed E-state index contributed by atoms with van der Waals surface area (Å²) in [6, 6.07) is -0.0432. The molecule has 4 nitrogen and oxygen atoms in total. The smallest absolute Gasteiger partial charge is 0.234 e. The standard InChI is InChI=1S/C10H20N2O2/c1-11-7-10(14)12-8-5-3-2-4-6-9(8)13/h8-9,11,13H,2-7H2,1H3,(H,12,14). The van der Waals surface area contributed by atoms with Gasteiger partial charge in [-0.05, 0) is 19.9 Å². The molecule has 1 aliphatic carbocycles. The molecule has 0 spiro atoms. The molecule has 0 aromatic carbocycles. The Hall–Kier alpha value is -0.610. The predicted octanol–water partition coefficient (Wildman–Crippen LogP) is 0.0156. The van der Waals surface area contributed by atoms with E-state index >= 15 is 0 Å². The lowest BCUT2D eigenvalue weighted by Gasteiger charge is -2.21. The van der Waals surface area contributed by atoms with Crippen LogP contribution in [0.1, 0.15) is 32.1 Å². The fourth-order valence-electron chi connectivity index (χ4n) is 1.87. The number of carbonyl (C=O) groups is 1. The monoisotopic (exact) mass is 200 g/mol. The third-order valence-corrected chi connectivity index (χ3v) is 2.66. The molecule has 0 radical (unpaired) electrons. The Labute approximate surface area is 85.1 Å². The van der Waals surface area contributed by atoms with E-state index in [2.05, 4.69) is 10.6 Å². The van der Waals surface area contributed by atoms with Crippen LogP contribution in [0.2, 0.25) is 0 Å². The summed E-state index contributed by atoms with van der Waals surface area (Å²) in [5.41, 5.74) is 0. The second kappa shape index (κ2) is 5.98. The summed E-state index contributed by atoms with van der Waals surface area (Å²) in [4.78, 5) is 11.3. The molecule has 2 unspecified atom stereocenters. The molecule has 3 N–H and O–H groups in total. The molecule has 0 aliphatic heterocycles. The Balaban J connectivity index is 2.36. The van der Waals surface area contributed by atoms with Crippen molar-refractivity contribution in [3.63, 3.8) is 0 Å². The highest BCUT2D eigenvalue weighted by Crippen LogP contribution is 2.17. The Morgan fingerprint density at radius 3 is 2.79 bits per heavy atom. The number of likely N-dealkylation sites (N-methyl/N-ethyl adjacent to an activating group) is 1. The zero-order valence-corrected chi connectivity index (χ0v) is 8.75. The van der Waals surface area contributed by atoms with Crippen molar-refractivity contribution in [3.05, 3.63) is 0 Å². The topological polar surface area (TPSA) is 61.4 Å². The number of aliphatic hydroxyl groups excluding tert-OH is 1. The van der Waals surface area contributed by atoms with Crippen molar-refractivity contribution in [1.82, 2.24) is 10.6 Å². The first-order chi connectivity index (χ1) is 6.74. The van der Waals surface area contributed by atoms with Crippen molar-refractivity contribution in [2.75, 3.05) is 13.6 Å². The SMILES string of the molecule is CNCC(=O)NC1CCCCCC1O. The van der Waals surface area contributed by atoms with Crippen LogP contribution < -0.4 is 10.6 Å². The van der Waals surface area contributed by atoms with E-state index in [0.29, 0.717) is 6.54 Å². The second-order valence-electron chi connectivity index (χ2n) is 3.91. The lowest BCUT2D eigenvalue weighted by Crippen LogP contribution is -2.45. The van der Waals surface area contributed by atoms with Gasteiger partial charge >= 0.3 is 0 Å². The molecule has 4 heteroatoms. The van der Waals surface area contributed by atoms with E-state index in [1.807, 2.05) is 0 Å². The Morgan fingerprint density at radius 2 is 2.07 bits per heavy atom. The van der Waals surface area contributed by atoms with Crippen LogP contribution in [0.3, 0.4) is 0 Å². The van der Waals surface area contributed by atoms with E-state index in [0.717, 1.165) is 32.1 Å². The van der Waals surface area contributed by atoms with Crippen molar-refractivity contribution in [2.45, 2.75) is 44.2 Å². The average Bonchev–Trinajstić information content (AvgIpc) is 2.33. The van der Waals surface area contributed by atoms with Gasteiger partial charge in [0.25, 0.3) is 0 Å². The van der Waals surface area contributed by atoms with Crippen LogP contribution in [0.15, 0.2) is 0 Å². The summed E-state index contributed by atoms with van der Waals surface area (Å²) < 4.78 is 0. The van der Waals surface area contributed by atoms with Gasteiger partial charge in [-0.25, -0.2) is 0 Å². The van der Waals surface area contributed by atoms with Gasteiger partial charge in [-0.3, -0.25) is 4.79 Å². The van der Waals surface area contributed by atoms with Gasteiger partial charge in [0.15, 0.2) is 0 Å². The van der Waals surface area contributed by atoms with Gasteiger partial charge in [0.2, 0.25) is 5.91 Å². The van der Waals surface area contributed by atoms with Crippen molar-refractivity contribution < 1.29 is 9.90 Å². The van der Waals surface area contributed by atoms with E-state index in [1.165, 1.54) is 0 Å². The summed E-state index contributed by atoms with van der Waals surface area (Å²) in [7, 11) is 1.74. The fourth-order valence-corrected chi connectivity index (χ4v) is 1.87. The van der Waals surface area contributed by atoms with E-state index in [9.17, 15) is 9.90 Å². The van der Waals surface area contributed by atoms with Gasteiger partial charge in [-0.15, -0.1) is 0 Å². The average molecular weight is 200 g/mol. The van der Waals surface area contributed by atoms with E-state index in [4.69, 9.17) is 0 Å². The largest absolute Gasteiger partial charge is 0.391 e. The first kappa shape index (κ1) is 11.5. The highest BCUT2D eigenvalue weighted by atomic mass is 16.3. The van der Waals surface area contributed by atoms with Gasteiger partial charge in [0, 0.05) is 0 Å². The van der Waals surface area contributed by atoms with E-state index in [1.54, 1.807) is 7.05 Å². The van der Waals surface area contributed by atoms with Gasteiger partial charge in [0.1, 0.15) is 0 Å². The molecule has 1 saturated carbocycles. The zero-order valence-electron chi connectivity index (χ0n) is 8.75. The second-order valence-corrected chi connectivity index (χ2v) is 3.91. The minimum atomic E-state index is -0.363. The normalized spacial score (nSPS) is 28.1. The van der Waals surface area contributed by atoms with Crippen LogP contribution in [0.5, 0.6) is 0 Å².